The fourth-order valence-corrected chi connectivity index (χ4v) is 1.90. The molecule has 18 heavy (non-hydrogen) atoms. The third-order valence-electron chi connectivity index (χ3n) is 3.03. The van der Waals surface area contributed by atoms with Gasteiger partial charge in [-0.1, -0.05) is 32.4 Å². The molecule has 0 radical (unpaired) electrons. The molecule has 1 aromatic carbocycles. The minimum absolute atomic E-state index is 0.270. The van der Waals surface area contributed by atoms with Crippen LogP contribution in [-0.2, 0) is 11.3 Å². The van der Waals surface area contributed by atoms with Crippen molar-refractivity contribution in [3.63, 3.8) is 0 Å². The molecule has 3 nitrogen and oxygen atoms in total. The lowest BCUT2D eigenvalue weighted by Gasteiger charge is -2.20. The number of rotatable bonds is 7. The smallest absolute Gasteiger partial charge is 0.337 e. The van der Waals surface area contributed by atoms with Gasteiger partial charge in [-0.15, -0.1) is 0 Å². The van der Waals surface area contributed by atoms with E-state index in [1.54, 1.807) is 6.07 Å². The molecule has 0 fully saturated rings. The van der Waals surface area contributed by atoms with Crippen LogP contribution in [0.15, 0.2) is 24.3 Å². The summed E-state index contributed by atoms with van der Waals surface area (Å²) in [6, 6.07) is 7.67. The Labute approximate surface area is 110 Å². The standard InChI is InChI=1S/C15H23NO2/c1-4-6-10-16(5-2)12-13-8-7-9-14(11-13)15(17)18-3/h7-9,11H,4-6,10,12H2,1-3H3. The molecule has 100 valence electrons. The molecule has 0 aliphatic carbocycles. The van der Waals surface area contributed by atoms with Crippen molar-refractivity contribution in [1.29, 1.82) is 0 Å². The van der Waals surface area contributed by atoms with Crippen LogP contribution >= 0.6 is 0 Å². The topological polar surface area (TPSA) is 29.5 Å². The predicted octanol–water partition coefficient (Wildman–Crippen LogP) is 3.10. The highest BCUT2D eigenvalue weighted by Crippen LogP contribution is 2.10. The first-order valence-corrected chi connectivity index (χ1v) is 6.60. The first-order valence-electron chi connectivity index (χ1n) is 6.60. The summed E-state index contributed by atoms with van der Waals surface area (Å²) in [6.45, 7) is 7.39. The average molecular weight is 249 g/mol. The molecule has 0 aliphatic heterocycles. The van der Waals surface area contributed by atoms with E-state index in [0.29, 0.717) is 5.56 Å². The van der Waals surface area contributed by atoms with E-state index in [-0.39, 0.29) is 5.97 Å². The Morgan fingerprint density at radius 2 is 2.11 bits per heavy atom. The van der Waals surface area contributed by atoms with Crippen LogP contribution in [0.1, 0.15) is 42.6 Å². The Morgan fingerprint density at radius 3 is 2.72 bits per heavy atom. The van der Waals surface area contributed by atoms with E-state index in [1.807, 2.05) is 12.1 Å². The van der Waals surface area contributed by atoms with Gasteiger partial charge in [-0.05, 0) is 37.2 Å². The van der Waals surface area contributed by atoms with E-state index in [4.69, 9.17) is 4.74 Å². The maximum Gasteiger partial charge on any atom is 0.337 e. The number of esters is 1. The Bertz CT molecular complexity index is 377. The largest absolute Gasteiger partial charge is 0.465 e. The third kappa shape index (κ3) is 4.49. The molecule has 0 N–H and O–H groups in total. The summed E-state index contributed by atoms with van der Waals surface area (Å²) in [5.74, 6) is -0.270. The average Bonchev–Trinajstić information content (AvgIpc) is 2.42. The molecule has 0 aliphatic rings. The van der Waals surface area contributed by atoms with Crippen LogP contribution in [0.3, 0.4) is 0 Å². The number of methoxy groups -OCH3 is 1. The molecule has 0 amide bonds. The Balaban J connectivity index is 2.68. The maximum absolute atomic E-state index is 11.5. The van der Waals surface area contributed by atoms with Gasteiger partial charge < -0.3 is 4.74 Å². The van der Waals surface area contributed by atoms with Crippen molar-refractivity contribution in [2.75, 3.05) is 20.2 Å². The maximum atomic E-state index is 11.5. The molecule has 1 aromatic rings. The molecule has 3 heteroatoms. The summed E-state index contributed by atoms with van der Waals surface area (Å²) >= 11 is 0. The molecule has 0 unspecified atom stereocenters. The summed E-state index contributed by atoms with van der Waals surface area (Å²) in [4.78, 5) is 13.8. The number of carbonyl (C=O) groups is 1. The normalized spacial score (nSPS) is 10.7. The second kappa shape index (κ2) is 7.88. The fraction of sp³-hybridized carbons (Fsp3) is 0.533. The van der Waals surface area contributed by atoms with E-state index in [9.17, 15) is 4.79 Å². The summed E-state index contributed by atoms with van der Waals surface area (Å²) in [6.07, 6.45) is 2.42. The summed E-state index contributed by atoms with van der Waals surface area (Å²) in [5, 5.41) is 0. The van der Waals surface area contributed by atoms with Gasteiger partial charge in [0.15, 0.2) is 0 Å². The zero-order valence-corrected chi connectivity index (χ0v) is 11.6. The quantitative estimate of drug-likeness (QED) is 0.695. The zero-order chi connectivity index (χ0) is 13.4. The van der Waals surface area contributed by atoms with Crippen LogP contribution in [0.5, 0.6) is 0 Å². The summed E-state index contributed by atoms with van der Waals surface area (Å²) in [5.41, 5.74) is 1.79. The first kappa shape index (κ1) is 14.7. The van der Waals surface area contributed by atoms with Crippen LogP contribution in [-0.4, -0.2) is 31.1 Å². The van der Waals surface area contributed by atoms with E-state index in [2.05, 4.69) is 24.8 Å². The van der Waals surface area contributed by atoms with Crippen LogP contribution in [0.4, 0.5) is 0 Å². The van der Waals surface area contributed by atoms with Gasteiger partial charge in [0, 0.05) is 6.54 Å². The van der Waals surface area contributed by atoms with Crippen LogP contribution < -0.4 is 0 Å². The summed E-state index contributed by atoms with van der Waals surface area (Å²) < 4.78 is 4.73. The van der Waals surface area contributed by atoms with Crippen molar-refractivity contribution < 1.29 is 9.53 Å². The monoisotopic (exact) mass is 249 g/mol. The van der Waals surface area contributed by atoms with Gasteiger partial charge in [-0.2, -0.15) is 0 Å². The van der Waals surface area contributed by atoms with Crippen molar-refractivity contribution in [3.8, 4) is 0 Å². The lowest BCUT2D eigenvalue weighted by molar-refractivity contribution is 0.0600. The number of unbranched alkanes of at least 4 members (excludes halogenated alkanes) is 1. The minimum atomic E-state index is -0.270. The molecule has 0 heterocycles. The van der Waals surface area contributed by atoms with Crippen molar-refractivity contribution in [2.24, 2.45) is 0 Å². The number of benzene rings is 1. The van der Waals surface area contributed by atoms with Crippen molar-refractivity contribution in [2.45, 2.75) is 33.2 Å². The molecule has 0 atom stereocenters. The second-order valence-corrected chi connectivity index (χ2v) is 4.41. The molecule has 0 bridgehead atoms. The lowest BCUT2D eigenvalue weighted by Crippen LogP contribution is -2.24. The molecule has 0 aromatic heterocycles. The Hall–Kier alpha value is -1.35. The fourth-order valence-electron chi connectivity index (χ4n) is 1.90. The van der Waals surface area contributed by atoms with E-state index < -0.39 is 0 Å². The molecular formula is C15H23NO2. The number of hydrogen-bond donors (Lipinski definition) is 0. The van der Waals surface area contributed by atoms with Crippen LogP contribution in [0.2, 0.25) is 0 Å². The SMILES string of the molecule is CCCCN(CC)Cc1cccc(C(=O)OC)c1. The number of carbonyl (C=O) groups excluding carboxylic acids is 1. The molecule has 0 saturated heterocycles. The lowest BCUT2D eigenvalue weighted by atomic mass is 10.1. The first-order chi connectivity index (χ1) is 8.71. The highest BCUT2D eigenvalue weighted by Gasteiger charge is 2.07. The van der Waals surface area contributed by atoms with Gasteiger partial charge in [-0.25, -0.2) is 4.79 Å². The highest BCUT2D eigenvalue weighted by molar-refractivity contribution is 5.89. The predicted molar refractivity (Wildman–Crippen MR) is 73.6 cm³/mol. The van der Waals surface area contributed by atoms with Gasteiger partial charge >= 0.3 is 5.97 Å². The number of hydrogen-bond acceptors (Lipinski definition) is 3. The van der Waals surface area contributed by atoms with E-state index >= 15 is 0 Å². The van der Waals surface area contributed by atoms with Crippen LogP contribution in [0.25, 0.3) is 0 Å². The summed E-state index contributed by atoms with van der Waals surface area (Å²) in [7, 11) is 1.41. The molecular weight excluding hydrogens is 226 g/mol. The third-order valence-corrected chi connectivity index (χ3v) is 3.03. The molecule has 0 spiro atoms. The van der Waals surface area contributed by atoms with Gasteiger partial charge in [0.05, 0.1) is 12.7 Å². The van der Waals surface area contributed by atoms with E-state index in [1.165, 1.54) is 20.0 Å². The van der Waals surface area contributed by atoms with Gasteiger partial charge in [0.2, 0.25) is 0 Å². The van der Waals surface area contributed by atoms with Gasteiger partial charge in [0.25, 0.3) is 0 Å². The molecule has 0 saturated carbocycles. The zero-order valence-electron chi connectivity index (χ0n) is 11.6. The minimum Gasteiger partial charge on any atom is -0.465 e. The van der Waals surface area contributed by atoms with Crippen molar-refractivity contribution in [3.05, 3.63) is 35.4 Å². The van der Waals surface area contributed by atoms with Gasteiger partial charge in [-0.3, -0.25) is 4.90 Å². The van der Waals surface area contributed by atoms with Crippen LogP contribution in [0, 0.1) is 0 Å². The molecule has 1 rings (SSSR count). The Kier molecular flexibility index (Phi) is 6.44. The van der Waals surface area contributed by atoms with Crippen molar-refractivity contribution in [1.82, 2.24) is 4.90 Å². The highest BCUT2D eigenvalue weighted by atomic mass is 16.5. The van der Waals surface area contributed by atoms with Gasteiger partial charge in [0.1, 0.15) is 0 Å². The van der Waals surface area contributed by atoms with Crippen molar-refractivity contribution >= 4 is 5.97 Å². The second-order valence-electron chi connectivity index (χ2n) is 4.41. The Morgan fingerprint density at radius 1 is 1.33 bits per heavy atom. The van der Waals surface area contributed by atoms with E-state index in [0.717, 1.165) is 25.2 Å². The number of nitrogens with zero attached hydrogens (tertiary/aromatic N) is 1. The number of ether oxygens (including phenoxy) is 1.